The minimum atomic E-state index is -0.997. The molecule has 116 valence electrons. The predicted molar refractivity (Wildman–Crippen MR) is 86.1 cm³/mol. The number of hydrogen-bond donors (Lipinski definition) is 1. The molecule has 0 aliphatic carbocycles. The van der Waals surface area contributed by atoms with Gasteiger partial charge in [0, 0.05) is 22.3 Å². The maximum atomic E-state index is 12.7. The summed E-state index contributed by atoms with van der Waals surface area (Å²) < 4.78 is 1.67. The summed E-state index contributed by atoms with van der Waals surface area (Å²) in [4.78, 5) is 23.7. The van der Waals surface area contributed by atoms with Gasteiger partial charge in [-0.05, 0) is 32.0 Å². The Bertz CT molecular complexity index is 735. The zero-order valence-corrected chi connectivity index (χ0v) is 13.6. The molecule has 0 aliphatic heterocycles. The van der Waals surface area contributed by atoms with Crippen molar-refractivity contribution in [1.29, 1.82) is 0 Å². The molecule has 1 aromatic carbocycles. The highest BCUT2D eigenvalue weighted by atomic mass is 35.5. The van der Waals surface area contributed by atoms with Gasteiger partial charge in [-0.25, -0.2) is 0 Å². The first kappa shape index (κ1) is 16.6. The molecular weight excluding hydrogens is 325 g/mol. The average Bonchev–Trinajstić information content (AvgIpc) is 2.74. The van der Waals surface area contributed by atoms with Gasteiger partial charge in [0.05, 0.1) is 17.1 Å². The first-order chi connectivity index (χ1) is 10.3. The van der Waals surface area contributed by atoms with E-state index in [1.165, 1.54) is 6.07 Å². The second kappa shape index (κ2) is 6.55. The second-order valence-electron chi connectivity index (χ2n) is 5.20. The molecule has 2 aromatic rings. The van der Waals surface area contributed by atoms with Crippen molar-refractivity contribution in [3.63, 3.8) is 0 Å². The third kappa shape index (κ3) is 3.34. The molecule has 1 aromatic heterocycles. The number of carbonyl (C=O) groups excluding carboxylic acids is 1. The number of benzene rings is 1. The molecule has 0 fully saturated rings. The average molecular weight is 340 g/mol. The number of carboxylic acids is 1. The van der Waals surface area contributed by atoms with Gasteiger partial charge in [-0.3, -0.25) is 9.59 Å². The maximum absolute atomic E-state index is 12.7. The molecule has 0 spiro atoms. The lowest BCUT2D eigenvalue weighted by molar-refractivity contribution is -0.136. The van der Waals surface area contributed by atoms with Gasteiger partial charge in [0.2, 0.25) is 5.78 Å². The van der Waals surface area contributed by atoms with Crippen LogP contribution in [0.2, 0.25) is 10.0 Å². The number of aromatic nitrogens is 1. The fraction of sp³-hybridized carbons (Fsp3) is 0.250. The second-order valence-corrected chi connectivity index (χ2v) is 6.04. The Labute approximate surface area is 138 Å². The van der Waals surface area contributed by atoms with E-state index in [0.717, 1.165) is 0 Å². The summed E-state index contributed by atoms with van der Waals surface area (Å²) in [5.74, 6) is -1.24. The van der Waals surface area contributed by atoms with E-state index >= 15 is 0 Å². The van der Waals surface area contributed by atoms with Gasteiger partial charge in [0.1, 0.15) is 0 Å². The van der Waals surface area contributed by atoms with Gasteiger partial charge < -0.3 is 9.67 Å². The number of rotatable bonds is 5. The minimum absolute atomic E-state index is 0.0972. The molecule has 1 heterocycles. The predicted octanol–water partition coefficient (Wildman–Crippen LogP) is 4.23. The molecule has 4 nitrogen and oxygen atoms in total. The Morgan fingerprint density at radius 3 is 2.45 bits per heavy atom. The third-order valence-electron chi connectivity index (χ3n) is 3.24. The molecule has 0 saturated carbocycles. The number of nitrogens with zero attached hydrogens (tertiary/aromatic N) is 1. The minimum Gasteiger partial charge on any atom is -0.481 e. The molecule has 22 heavy (non-hydrogen) atoms. The summed E-state index contributed by atoms with van der Waals surface area (Å²) in [7, 11) is 0. The van der Waals surface area contributed by atoms with E-state index in [-0.39, 0.29) is 23.3 Å². The van der Waals surface area contributed by atoms with Crippen molar-refractivity contribution in [3.8, 4) is 0 Å². The number of halogens is 2. The van der Waals surface area contributed by atoms with Crippen LogP contribution in [0.1, 0.15) is 41.6 Å². The Kier molecular flexibility index (Phi) is 4.94. The van der Waals surface area contributed by atoms with Gasteiger partial charge in [-0.1, -0.05) is 35.3 Å². The number of carbonyl (C=O) groups is 2. The zero-order chi connectivity index (χ0) is 16.4. The van der Waals surface area contributed by atoms with Crippen LogP contribution in [0.15, 0.2) is 30.3 Å². The van der Waals surface area contributed by atoms with Crippen LogP contribution in [0.5, 0.6) is 0 Å². The van der Waals surface area contributed by atoms with Crippen molar-refractivity contribution in [2.24, 2.45) is 0 Å². The quantitative estimate of drug-likeness (QED) is 0.829. The van der Waals surface area contributed by atoms with Crippen LogP contribution in [0.3, 0.4) is 0 Å². The molecule has 6 heteroatoms. The number of hydrogen-bond acceptors (Lipinski definition) is 2. The summed E-state index contributed by atoms with van der Waals surface area (Å²) >= 11 is 12.1. The van der Waals surface area contributed by atoms with Crippen LogP contribution in [-0.4, -0.2) is 21.4 Å². The van der Waals surface area contributed by atoms with Crippen molar-refractivity contribution in [2.45, 2.75) is 26.3 Å². The molecule has 0 saturated heterocycles. The summed E-state index contributed by atoms with van der Waals surface area (Å²) in [5, 5.41) is 9.77. The lowest BCUT2D eigenvalue weighted by Crippen LogP contribution is -2.16. The molecule has 0 amide bonds. The lowest BCUT2D eigenvalue weighted by atomic mass is 10.1. The Balaban J connectivity index is 2.55. The van der Waals surface area contributed by atoms with Crippen LogP contribution in [-0.2, 0) is 11.2 Å². The van der Waals surface area contributed by atoms with E-state index < -0.39 is 5.97 Å². The standard InChI is InChI=1S/C16H15Cl2NO3/c1-9(2)19-13(8-15(20)21)12(18)7-14(19)16(22)10-4-3-5-11(17)6-10/h3-7,9H,8H2,1-2H3,(H,20,21). The number of ketones is 1. The monoisotopic (exact) mass is 339 g/mol. The lowest BCUT2D eigenvalue weighted by Gasteiger charge is -2.16. The third-order valence-corrected chi connectivity index (χ3v) is 3.81. The topological polar surface area (TPSA) is 59.3 Å². The molecule has 0 unspecified atom stereocenters. The van der Waals surface area contributed by atoms with Crippen molar-refractivity contribution in [3.05, 3.63) is 57.3 Å². The molecule has 0 aliphatic rings. The van der Waals surface area contributed by atoms with Crippen molar-refractivity contribution < 1.29 is 14.7 Å². The van der Waals surface area contributed by atoms with E-state index in [4.69, 9.17) is 28.3 Å². The molecule has 0 atom stereocenters. The van der Waals surface area contributed by atoms with Gasteiger partial charge in [-0.15, -0.1) is 0 Å². The molecule has 1 N–H and O–H groups in total. The number of aliphatic carboxylic acids is 1. The molecule has 0 bridgehead atoms. The largest absolute Gasteiger partial charge is 0.481 e. The number of carboxylic acid groups (broad SMARTS) is 1. The summed E-state index contributed by atoms with van der Waals surface area (Å²) in [6.07, 6.45) is -0.236. The van der Waals surface area contributed by atoms with Crippen LogP contribution >= 0.6 is 23.2 Å². The summed E-state index contributed by atoms with van der Waals surface area (Å²) in [6, 6.07) is 8.03. The van der Waals surface area contributed by atoms with Crippen molar-refractivity contribution in [1.82, 2.24) is 4.57 Å². The maximum Gasteiger partial charge on any atom is 0.309 e. The van der Waals surface area contributed by atoms with Crippen LogP contribution < -0.4 is 0 Å². The van der Waals surface area contributed by atoms with E-state index in [1.54, 1.807) is 28.8 Å². The normalized spacial score (nSPS) is 11.0. The van der Waals surface area contributed by atoms with Gasteiger partial charge in [0.25, 0.3) is 0 Å². The molecular formula is C16H15Cl2NO3. The molecule has 2 rings (SSSR count). The molecule has 0 radical (unpaired) electrons. The van der Waals surface area contributed by atoms with E-state index in [9.17, 15) is 9.59 Å². The van der Waals surface area contributed by atoms with Crippen LogP contribution in [0.4, 0.5) is 0 Å². The van der Waals surface area contributed by atoms with Gasteiger partial charge in [-0.2, -0.15) is 0 Å². The van der Waals surface area contributed by atoms with Crippen LogP contribution in [0.25, 0.3) is 0 Å². The fourth-order valence-electron chi connectivity index (χ4n) is 2.39. The highest BCUT2D eigenvalue weighted by Crippen LogP contribution is 2.28. The smallest absolute Gasteiger partial charge is 0.309 e. The highest BCUT2D eigenvalue weighted by molar-refractivity contribution is 6.32. The zero-order valence-electron chi connectivity index (χ0n) is 12.1. The van der Waals surface area contributed by atoms with Gasteiger partial charge >= 0.3 is 5.97 Å². The summed E-state index contributed by atoms with van der Waals surface area (Å²) in [5.41, 5.74) is 1.22. The van der Waals surface area contributed by atoms with E-state index in [2.05, 4.69) is 0 Å². The Hall–Kier alpha value is -1.78. The first-order valence-electron chi connectivity index (χ1n) is 6.73. The SMILES string of the molecule is CC(C)n1c(C(=O)c2cccc(Cl)c2)cc(Cl)c1CC(=O)O. The summed E-state index contributed by atoms with van der Waals surface area (Å²) in [6.45, 7) is 3.74. The highest BCUT2D eigenvalue weighted by Gasteiger charge is 2.23. The van der Waals surface area contributed by atoms with Crippen LogP contribution in [0, 0.1) is 0 Å². The van der Waals surface area contributed by atoms with Crippen molar-refractivity contribution >= 4 is 35.0 Å². The van der Waals surface area contributed by atoms with E-state index in [0.29, 0.717) is 22.0 Å². The first-order valence-corrected chi connectivity index (χ1v) is 7.48. The van der Waals surface area contributed by atoms with Crippen molar-refractivity contribution in [2.75, 3.05) is 0 Å². The fourth-order valence-corrected chi connectivity index (χ4v) is 2.84. The Morgan fingerprint density at radius 1 is 1.23 bits per heavy atom. The van der Waals surface area contributed by atoms with E-state index in [1.807, 2.05) is 13.8 Å². The van der Waals surface area contributed by atoms with Gasteiger partial charge in [0.15, 0.2) is 0 Å². The Morgan fingerprint density at radius 2 is 1.91 bits per heavy atom.